The van der Waals surface area contributed by atoms with Gasteiger partial charge in [-0.2, -0.15) is 0 Å². The number of methoxy groups -OCH3 is 1. The second kappa shape index (κ2) is 8.70. The molecule has 0 aliphatic carbocycles. The molecule has 1 amide bonds. The third kappa shape index (κ3) is 4.97. The van der Waals surface area contributed by atoms with E-state index in [1.807, 2.05) is 11.0 Å². The highest BCUT2D eigenvalue weighted by molar-refractivity contribution is 5.73. The molecule has 25 heavy (non-hydrogen) atoms. The number of ether oxygens (including phenoxy) is 1. The average molecular weight is 344 g/mol. The van der Waals surface area contributed by atoms with Gasteiger partial charge in [-0.3, -0.25) is 9.69 Å². The molecule has 2 heterocycles. The van der Waals surface area contributed by atoms with E-state index in [1.54, 1.807) is 14.0 Å². The highest BCUT2D eigenvalue weighted by Crippen LogP contribution is 2.27. The Kier molecular flexibility index (Phi) is 6.35. The van der Waals surface area contributed by atoms with Gasteiger partial charge in [0.1, 0.15) is 5.75 Å². The van der Waals surface area contributed by atoms with Crippen LogP contribution in [0.5, 0.6) is 5.75 Å². The zero-order chi connectivity index (χ0) is 17.6. The SMILES string of the molecule is COc1cccc(CC[C@H]2CCCN(C3CCN(C(C)=O)CC3)C2)c1. The molecule has 4 nitrogen and oxygen atoms in total. The summed E-state index contributed by atoms with van der Waals surface area (Å²) in [5.41, 5.74) is 1.38. The van der Waals surface area contributed by atoms with Gasteiger partial charge in [0.2, 0.25) is 5.91 Å². The highest BCUT2D eigenvalue weighted by atomic mass is 16.5. The van der Waals surface area contributed by atoms with Crippen LogP contribution in [0.4, 0.5) is 0 Å². The molecule has 0 bridgehead atoms. The first-order valence-corrected chi connectivity index (χ1v) is 9.78. The maximum Gasteiger partial charge on any atom is 0.219 e. The van der Waals surface area contributed by atoms with Crippen molar-refractivity contribution in [2.24, 2.45) is 5.92 Å². The number of hydrogen-bond acceptors (Lipinski definition) is 3. The lowest BCUT2D eigenvalue weighted by Gasteiger charge is -2.42. The van der Waals surface area contributed by atoms with E-state index in [0.29, 0.717) is 6.04 Å². The summed E-state index contributed by atoms with van der Waals surface area (Å²) in [6.07, 6.45) is 7.35. The van der Waals surface area contributed by atoms with Gasteiger partial charge in [0.15, 0.2) is 0 Å². The third-order valence-corrected chi connectivity index (χ3v) is 5.95. The maximum absolute atomic E-state index is 11.5. The summed E-state index contributed by atoms with van der Waals surface area (Å²) < 4.78 is 5.33. The first-order valence-electron chi connectivity index (χ1n) is 9.78. The number of rotatable bonds is 5. The number of amides is 1. The van der Waals surface area contributed by atoms with Crippen molar-refractivity contribution in [1.82, 2.24) is 9.80 Å². The quantitative estimate of drug-likeness (QED) is 0.821. The molecular weight excluding hydrogens is 312 g/mol. The molecule has 0 unspecified atom stereocenters. The fraction of sp³-hybridized carbons (Fsp3) is 0.667. The van der Waals surface area contributed by atoms with Crippen LogP contribution in [0.15, 0.2) is 24.3 Å². The lowest BCUT2D eigenvalue weighted by molar-refractivity contribution is -0.130. The average Bonchev–Trinajstić information content (AvgIpc) is 2.67. The maximum atomic E-state index is 11.5. The molecule has 2 fully saturated rings. The molecule has 1 aromatic rings. The number of carbonyl (C=O) groups excluding carboxylic acids is 1. The van der Waals surface area contributed by atoms with Crippen LogP contribution >= 0.6 is 0 Å². The van der Waals surface area contributed by atoms with E-state index in [-0.39, 0.29) is 5.91 Å². The first kappa shape index (κ1) is 18.2. The lowest BCUT2D eigenvalue weighted by Crippen LogP contribution is -2.49. The Morgan fingerprint density at radius 2 is 2.00 bits per heavy atom. The number of nitrogens with zero attached hydrogens (tertiary/aromatic N) is 2. The largest absolute Gasteiger partial charge is 0.497 e. The highest BCUT2D eigenvalue weighted by Gasteiger charge is 2.29. The van der Waals surface area contributed by atoms with Crippen LogP contribution < -0.4 is 4.74 Å². The molecule has 2 aliphatic rings. The van der Waals surface area contributed by atoms with Crippen LogP contribution in [-0.4, -0.2) is 55.0 Å². The number of carbonyl (C=O) groups is 1. The molecule has 0 saturated carbocycles. The van der Waals surface area contributed by atoms with Crippen LogP contribution in [0.25, 0.3) is 0 Å². The van der Waals surface area contributed by atoms with E-state index < -0.39 is 0 Å². The second-order valence-electron chi connectivity index (χ2n) is 7.63. The van der Waals surface area contributed by atoms with Gasteiger partial charge in [0, 0.05) is 32.6 Å². The molecule has 0 radical (unpaired) electrons. The van der Waals surface area contributed by atoms with Crippen LogP contribution in [-0.2, 0) is 11.2 Å². The lowest BCUT2D eigenvalue weighted by atomic mass is 9.89. The molecule has 3 rings (SSSR count). The van der Waals surface area contributed by atoms with Gasteiger partial charge in [-0.15, -0.1) is 0 Å². The first-order chi connectivity index (χ1) is 12.2. The van der Waals surface area contributed by atoms with E-state index in [0.717, 1.165) is 44.0 Å². The molecule has 1 atom stereocenters. The number of likely N-dealkylation sites (tertiary alicyclic amines) is 2. The van der Waals surface area contributed by atoms with Crippen molar-refractivity contribution in [2.75, 3.05) is 33.3 Å². The monoisotopic (exact) mass is 344 g/mol. The normalized spacial score (nSPS) is 22.8. The van der Waals surface area contributed by atoms with Crippen LogP contribution in [0.1, 0.15) is 44.6 Å². The van der Waals surface area contributed by atoms with E-state index in [2.05, 4.69) is 23.1 Å². The minimum absolute atomic E-state index is 0.230. The summed E-state index contributed by atoms with van der Waals surface area (Å²) in [4.78, 5) is 16.2. The smallest absolute Gasteiger partial charge is 0.219 e. The van der Waals surface area contributed by atoms with Crippen LogP contribution in [0.3, 0.4) is 0 Å². The zero-order valence-corrected chi connectivity index (χ0v) is 15.7. The van der Waals surface area contributed by atoms with E-state index >= 15 is 0 Å². The van der Waals surface area contributed by atoms with Crippen molar-refractivity contribution in [3.05, 3.63) is 29.8 Å². The predicted octanol–water partition coefficient (Wildman–Crippen LogP) is 3.35. The summed E-state index contributed by atoms with van der Waals surface area (Å²) in [7, 11) is 1.73. The minimum Gasteiger partial charge on any atom is -0.497 e. The van der Waals surface area contributed by atoms with Gasteiger partial charge in [-0.25, -0.2) is 0 Å². The Hall–Kier alpha value is -1.55. The fourth-order valence-corrected chi connectivity index (χ4v) is 4.41. The Morgan fingerprint density at radius 3 is 2.72 bits per heavy atom. The Labute approximate surface area is 152 Å². The molecule has 2 saturated heterocycles. The van der Waals surface area contributed by atoms with Crippen molar-refractivity contribution >= 4 is 5.91 Å². The molecule has 0 aromatic heterocycles. The topological polar surface area (TPSA) is 32.8 Å². The van der Waals surface area contributed by atoms with E-state index in [9.17, 15) is 4.79 Å². The Balaban J connectivity index is 1.47. The molecule has 4 heteroatoms. The molecule has 2 aliphatic heterocycles. The number of hydrogen-bond donors (Lipinski definition) is 0. The van der Waals surface area contributed by atoms with Crippen molar-refractivity contribution in [1.29, 1.82) is 0 Å². The minimum atomic E-state index is 0.230. The Bertz CT molecular complexity index is 567. The summed E-state index contributed by atoms with van der Waals surface area (Å²) >= 11 is 0. The zero-order valence-electron chi connectivity index (χ0n) is 15.7. The van der Waals surface area contributed by atoms with Gasteiger partial charge >= 0.3 is 0 Å². The third-order valence-electron chi connectivity index (χ3n) is 5.95. The van der Waals surface area contributed by atoms with Crippen molar-refractivity contribution in [3.63, 3.8) is 0 Å². The van der Waals surface area contributed by atoms with Crippen molar-refractivity contribution < 1.29 is 9.53 Å². The molecule has 138 valence electrons. The molecule has 1 aromatic carbocycles. The summed E-state index contributed by atoms with van der Waals surface area (Å²) in [5.74, 6) is 1.99. The van der Waals surface area contributed by atoms with Gasteiger partial charge in [0.05, 0.1) is 7.11 Å². The van der Waals surface area contributed by atoms with Gasteiger partial charge in [-0.05, 0) is 68.7 Å². The summed E-state index contributed by atoms with van der Waals surface area (Å²) in [6, 6.07) is 9.15. The standard InChI is InChI=1S/C21H32N2O2/c1-17(24)22-13-10-20(11-14-22)23-12-4-6-19(16-23)9-8-18-5-3-7-21(15-18)25-2/h3,5,7,15,19-20H,4,6,8-14,16H2,1-2H3/t19-/m1/s1. The molecular formula is C21H32N2O2. The van der Waals surface area contributed by atoms with Crippen molar-refractivity contribution in [2.45, 2.75) is 51.5 Å². The predicted molar refractivity (Wildman–Crippen MR) is 101 cm³/mol. The summed E-state index contributed by atoms with van der Waals surface area (Å²) in [6.45, 7) is 6.03. The van der Waals surface area contributed by atoms with Crippen LogP contribution in [0, 0.1) is 5.92 Å². The number of piperidine rings is 2. The van der Waals surface area contributed by atoms with Crippen LogP contribution in [0.2, 0.25) is 0 Å². The van der Waals surface area contributed by atoms with E-state index in [4.69, 9.17) is 4.74 Å². The van der Waals surface area contributed by atoms with Gasteiger partial charge in [-0.1, -0.05) is 12.1 Å². The van der Waals surface area contributed by atoms with Gasteiger partial charge in [0.25, 0.3) is 0 Å². The van der Waals surface area contributed by atoms with Gasteiger partial charge < -0.3 is 9.64 Å². The van der Waals surface area contributed by atoms with Crippen molar-refractivity contribution in [3.8, 4) is 5.75 Å². The summed E-state index contributed by atoms with van der Waals surface area (Å²) in [5, 5.41) is 0. The second-order valence-corrected chi connectivity index (χ2v) is 7.63. The number of aryl methyl sites for hydroxylation is 1. The van der Waals surface area contributed by atoms with E-state index in [1.165, 1.54) is 37.9 Å². The molecule has 0 N–H and O–H groups in total. The number of benzene rings is 1. The Morgan fingerprint density at radius 1 is 1.20 bits per heavy atom. The molecule has 0 spiro atoms. The fourth-order valence-electron chi connectivity index (χ4n) is 4.41.